The van der Waals surface area contributed by atoms with Crippen LogP contribution in [-0.2, 0) is 10.0 Å². The highest BCUT2D eigenvalue weighted by molar-refractivity contribution is 7.89. The van der Waals surface area contributed by atoms with E-state index in [2.05, 4.69) is 30.3 Å². The monoisotopic (exact) mass is 384 g/mol. The van der Waals surface area contributed by atoms with Crippen molar-refractivity contribution in [3.05, 3.63) is 66.6 Å². The molecule has 0 atom stereocenters. The first-order valence-electron chi connectivity index (χ1n) is 8.33. The molecule has 8 nitrogen and oxygen atoms in total. The van der Waals surface area contributed by atoms with Gasteiger partial charge in [-0.15, -0.1) is 0 Å². The lowest BCUT2D eigenvalue weighted by atomic mass is 10.3. The number of aromatic nitrogens is 3. The summed E-state index contributed by atoms with van der Waals surface area (Å²) in [6.45, 7) is 2.59. The van der Waals surface area contributed by atoms with Gasteiger partial charge in [-0.25, -0.2) is 28.1 Å². The van der Waals surface area contributed by atoms with Crippen LogP contribution in [0.1, 0.15) is 5.56 Å². The molecule has 0 saturated heterocycles. The first-order chi connectivity index (χ1) is 13.0. The van der Waals surface area contributed by atoms with Crippen LogP contribution in [0.4, 0.5) is 17.5 Å². The molecule has 0 saturated carbocycles. The molecular weight excluding hydrogens is 364 g/mol. The summed E-state index contributed by atoms with van der Waals surface area (Å²) >= 11 is 0. The van der Waals surface area contributed by atoms with Crippen LogP contribution in [0.25, 0.3) is 0 Å². The van der Waals surface area contributed by atoms with Crippen molar-refractivity contribution in [2.75, 3.05) is 23.7 Å². The van der Waals surface area contributed by atoms with Gasteiger partial charge in [0, 0.05) is 25.4 Å². The maximum absolute atomic E-state index is 12.1. The van der Waals surface area contributed by atoms with Crippen LogP contribution in [0.5, 0.6) is 0 Å². The minimum absolute atomic E-state index is 0.226. The summed E-state index contributed by atoms with van der Waals surface area (Å²) in [6.07, 6.45) is 3.14. The van der Waals surface area contributed by atoms with Crippen LogP contribution in [0.15, 0.2) is 66.0 Å². The molecule has 27 heavy (non-hydrogen) atoms. The van der Waals surface area contributed by atoms with Crippen LogP contribution < -0.4 is 15.4 Å². The number of hydrogen-bond acceptors (Lipinski definition) is 7. The van der Waals surface area contributed by atoms with Gasteiger partial charge in [0.25, 0.3) is 0 Å². The first-order valence-corrected chi connectivity index (χ1v) is 9.81. The molecule has 0 amide bonds. The van der Waals surface area contributed by atoms with Gasteiger partial charge >= 0.3 is 0 Å². The number of nitrogens with zero attached hydrogens (tertiary/aromatic N) is 3. The highest BCUT2D eigenvalue weighted by Gasteiger charge is 2.11. The van der Waals surface area contributed by atoms with Crippen molar-refractivity contribution >= 4 is 27.5 Å². The van der Waals surface area contributed by atoms with Crippen molar-refractivity contribution < 1.29 is 8.42 Å². The zero-order valence-electron chi connectivity index (χ0n) is 14.8. The largest absolute Gasteiger partial charge is 0.369 e. The quantitative estimate of drug-likeness (QED) is 0.511. The normalized spacial score (nSPS) is 11.1. The number of anilines is 3. The van der Waals surface area contributed by atoms with Crippen molar-refractivity contribution in [1.82, 2.24) is 19.7 Å². The van der Waals surface area contributed by atoms with Gasteiger partial charge in [0.1, 0.15) is 23.8 Å². The minimum Gasteiger partial charge on any atom is -0.369 e. The van der Waals surface area contributed by atoms with E-state index < -0.39 is 10.0 Å². The predicted molar refractivity (Wildman–Crippen MR) is 104 cm³/mol. The van der Waals surface area contributed by atoms with E-state index in [1.807, 2.05) is 19.1 Å². The Balaban J connectivity index is 1.53. The Kier molecular flexibility index (Phi) is 5.94. The molecule has 0 unspecified atom stereocenters. The van der Waals surface area contributed by atoms with E-state index in [1.165, 1.54) is 6.33 Å². The first kappa shape index (κ1) is 18.7. The molecule has 0 fully saturated rings. The Labute approximate surface area is 158 Å². The van der Waals surface area contributed by atoms with E-state index >= 15 is 0 Å². The molecule has 9 heteroatoms. The van der Waals surface area contributed by atoms with Gasteiger partial charge in [0.2, 0.25) is 10.0 Å². The fraction of sp³-hybridized carbons (Fsp3) is 0.167. The molecule has 140 valence electrons. The molecule has 0 aliphatic rings. The molecule has 2 aromatic heterocycles. The van der Waals surface area contributed by atoms with Gasteiger partial charge in [-0.2, -0.15) is 0 Å². The zero-order valence-corrected chi connectivity index (χ0v) is 15.6. The standard InChI is InChI=1S/C18H20N6O2S/c1-14-7-8-19-17(11-14)24-18-12-16(21-13-22-18)20-9-10-23-27(25,26)15-5-3-2-4-6-15/h2-8,11-13,23H,9-10H2,1H3,(H2,19,20,21,22,24). The summed E-state index contributed by atoms with van der Waals surface area (Å²) < 4.78 is 26.8. The van der Waals surface area contributed by atoms with Crippen molar-refractivity contribution in [3.63, 3.8) is 0 Å². The summed E-state index contributed by atoms with van der Waals surface area (Å²) in [5.74, 6) is 1.87. The summed E-state index contributed by atoms with van der Waals surface area (Å²) in [4.78, 5) is 12.8. The minimum atomic E-state index is -3.51. The molecule has 2 heterocycles. The van der Waals surface area contributed by atoms with E-state index in [-0.39, 0.29) is 11.4 Å². The highest BCUT2D eigenvalue weighted by atomic mass is 32.2. The number of rotatable bonds is 8. The second-order valence-corrected chi connectivity index (χ2v) is 7.54. The predicted octanol–water partition coefficient (Wildman–Crippen LogP) is 2.31. The molecule has 0 radical (unpaired) electrons. The van der Waals surface area contributed by atoms with Crippen LogP contribution in [0.2, 0.25) is 0 Å². The molecule has 0 spiro atoms. The molecule has 0 aliphatic heterocycles. The SMILES string of the molecule is Cc1ccnc(Nc2cc(NCCNS(=O)(=O)c3ccccc3)ncn2)c1. The van der Waals surface area contributed by atoms with Gasteiger partial charge in [0.15, 0.2) is 0 Å². The average molecular weight is 384 g/mol. The number of hydrogen-bond donors (Lipinski definition) is 3. The molecule has 3 rings (SSSR count). The second kappa shape index (κ2) is 8.56. The summed E-state index contributed by atoms with van der Waals surface area (Å²) in [6, 6.07) is 13.8. The van der Waals surface area contributed by atoms with Crippen LogP contribution >= 0.6 is 0 Å². The van der Waals surface area contributed by atoms with E-state index in [0.29, 0.717) is 24.0 Å². The van der Waals surface area contributed by atoms with E-state index in [9.17, 15) is 8.42 Å². The molecule has 1 aromatic carbocycles. The Bertz CT molecular complexity index is 995. The topological polar surface area (TPSA) is 109 Å². The van der Waals surface area contributed by atoms with E-state index in [1.54, 1.807) is 42.6 Å². The lowest BCUT2D eigenvalue weighted by Crippen LogP contribution is -2.29. The lowest BCUT2D eigenvalue weighted by Gasteiger charge is -2.10. The summed E-state index contributed by atoms with van der Waals surface area (Å²) in [7, 11) is -3.51. The van der Waals surface area contributed by atoms with Crippen molar-refractivity contribution in [2.24, 2.45) is 0 Å². The molecule has 0 bridgehead atoms. The highest BCUT2D eigenvalue weighted by Crippen LogP contribution is 2.15. The van der Waals surface area contributed by atoms with Gasteiger partial charge in [-0.05, 0) is 36.8 Å². The number of benzene rings is 1. The maximum atomic E-state index is 12.1. The zero-order chi connectivity index (χ0) is 19.1. The smallest absolute Gasteiger partial charge is 0.240 e. The van der Waals surface area contributed by atoms with Gasteiger partial charge in [0.05, 0.1) is 4.90 Å². The number of nitrogens with one attached hydrogen (secondary N) is 3. The third-order valence-electron chi connectivity index (χ3n) is 3.62. The molecular formula is C18H20N6O2S. The van der Waals surface area contributed by atoms with Crippen LogP contribution in [0.3, 0.4) is 0 Å². The third-order valence-corrected chi connectivity index (χ3v) is 5.09. The summed E-state index contributed by atoms with van der Waals surface area (Å²) in [5, 5.41) is 6.18. The van der Waals surface area contributed by atoms with Crippen molar-refractivity contribution in [1.29, 1.82) is 0 Å². The molecule has 0 aliphatic carbocycles. The molecule has 3 N–H and O–H groups in total. The van der Waals surface area contributed by atoms with Crippen molar-refractivity contribution in [2.45, 2.75) is 11.8 Å². The number of aryl methyl sites for hydroxylation is 1. The van der Waals surface area contributed by atoms with Crippen LogP contribution in [0, 0.1) is 6.92 Å². The Hall–Kier alpha value is -3.04. The van der Waals surface area contributed by atoms with Gasteiger partial charge < -0.3 is 10.6 Å². The van der Waals surface area contributed by atoms with Gasteiger partial charge in [-0.3, -0.25) is 0 Å². The maximum Gasteiger partial charge on any atom is 0.240 e. The van der Waals surface area contributed by atoms with Crippen LogP contribution in [-0.4, -0.2) is 36.5 Å². The average Bonchev–Trinajstić information content (AvgIpc) is 2.66. The fourth-order valence-corrected chi connectivity index (χ4v) is 3.37. The Morgan fingerprint density at radius 3 is 2.41 bits per heavy atom. The third kappa shape index (κ3) is 5.47. The van der Waals surface area contributed by atoms with Gasteiger partial charge in [-0.1, -0.05) is 18.2 Å². The number of sulfonamides is 1. The summed E-state index contributed by atoms with van der Waals surface area (Å²) in [5.41, 5.74) is 1.09. The second-order valence-electron chi connectivity index (χ2n) is 5.77. The fourth-order valence-electron chi connectivity index (χ4n) is 2.32. The molecule has 3 aromatic rings. The van der Waals surface area contributed by atoms with Crippen molar-refractivity contribution in [3.8, 4) is 0 Å². The van der Waals surface area contributed by atoms with E-state index in [4.69, 9.17) is 0 Å². The number of pyridine rings is 1. The Morgan fingerprint density at radius 1 is 0.889 bits per heavy atom. The lowest BCUT2D eigenvalue weighted by molar-refractivity contribution is 0.583. The Morgan fingerprint density at radius 2 is 1.63 bits per heavy atom. The van der Waals surface area contributed by atoms with E-state index in [0.717, 1.165) is 5.56 Å².